The Morgan fingerprint density at radius 3 is 2.39 bits per heavy atom. The summed E-state index contributed by atoms with van der Waals surface area (Å²) >= 11 is 0. The number of aryl methyl sites for hydroxylation is 1. The third-order valence-corrected chi connectivity index (χ3v) is 5.30. The van der Waals surface area contributed by atoms with Crippen LogP contribution in [0.5, 0.6) is 5.75 Å². The molecule has 6 nitrogen and oxygen atoms in total. The molecule has 0 spiro atoms. The van der Waals surface area contributed by atoms with Crippen LogP contribution in [0.15, 0.2) is 65.1 Å². The van der Waals surface area contributed by atoms with Gasteiger partial charge >= 0.3 is 5.97 Å². The fourth-order valence-corrected chi connectivity index (χ4v) is 3.31. The number of hydrogen-bond donors (Lipinski definition) is 0. The number of nitrogens with zero attached hydrogens (tertiary/aromatic N) is 2. The fourth-order valence-electron chi connectivity index (χ4n) is 3.31. The second-order valence-electron chi connectivity index (χ2n) is 7.58. The molecule has 3 aromatic carbocycles. The van der Waals surface area contributed by atoms with Crippen molar-refractivity contribution in [1.82, 2.24) is 10.2 Å². The highest BCUT2D eigenvalue weighted by atomic mass is 16.6. The molecule has 0 saturated carbocycles. The van der Waals surface area contributed by atoms with Crippen molar-refractivity contribution in [1.29, 1.82) is 0 Å². The number of carbonyl (C=O) groups is 1. The van der Waals surface area contributed by atoms with Crippen molar-refractivity contribution < 1.29 is 18.7 Å². The number of benzene rings is 3. The van der Waals surface area contributed by atoms with Gasteiger partial charge in [-0.15, -0.1) is 10.2 Å². The average molecular weight is 416 g/mol. The Hall–Kier alpha value is -3.67. The normalized spacial score (nSPS) is 13.0. The van der Waals surface area contributed by atoms with E-state index in [0.717, 1.165) is 33.2 Å². The van der Waals surface area contributed by atoms with E-state index in [1.165, 1.54) is 0 Å². The molecule has 31 heavy (non-hydrogen) atoms. The first-order chi connectivity index (χ1) is 14.9. The quantitative estimate of drug-likeness (QED) is 0.380. The Morgan fingerprint density at radius 2 is 1.65 bits per heavy atom. The highest BCUT2D eigenvalue weighted by Gasteiger charge is 2.23. The third-order valence-electron chi connectivity index (χ3n) is 5.30. The number of esters is 1. The minimum atomic E-state index is -0.647. The highest BCUT2D eigenvalue weighted by molar-refractivity contribution is 5.86. The second-order valence-corrected chi connectivity index (χ2v) is 7.58. The van der Waals surface area contributed by atoms with Gasteiger partial charge in [-0.2, -0.15) is 0 Å². The zero-order valence-corrected chi connectivity index (χ0v) is 18.0. The van der Waals surface area contributed by atoms with Crippen molar-refractivity contribution in [2.75, 3.05) is 7.11 Å². The first-order valence-electron chi connectivity index (χ1n) is 10.1. The van der Waals surface area contributed by atoms with E-state index in [2.05, 4.69) is 10.2 Å². The largest absolute Gasteiger partial charge is 0.497 e. The van der Waals surface area contributed by atoms with Gasteiger partial charge in [-0.1, -0.05) is 42.0 Å². The van der Waals surface area contributed by atoms with Crippen LogP contribution in [0, 0.1) is 6.92 Å². The summed E-state index contributed by atoms with van der Waals surface area (Å²) in [4.78, 5) is 12.7. The van der Waals surface area contributed by atoms with E-state index < -0.39 is 12.0 Å². The second kappa shape index (κ2) is 8.60. The van der Waals surface area contributed by atoms with E-state index in [1.807, 2.05) is 74.5 Å². The Labute approximate surface area is 180 Å². The maximum Gasteiger partial charge on any atom is 0.313 e. The molecule has 4 rings (SSSR count). The fraction of sp³-hybridized carbons (Fsp3) is 0.240. The Balaban J connectivity index is 1.46. The summed E-state index contributed by atoms with van der Waals surface area (Å²) in [6, 6.07) is 19.5. The van der Waals surface area contributed by atoms with E-state index in [0.29, 0.717) is 5.89 Å². The maximum absolute atomic E-state index is 12.7. The molecule has 0 bridgehead atoms. The van der Waals surface area contributed by atoms with Crippen LogP contribution < -0.4 is 4.74 Å². The summed E-state index contributed by atoms with van der Waals surface area (Å²) in [5.41, 5.74) is 2.84. The molecule has 158 valence electrons. The summed E-state index contributed by atoms with van der Waals surface area (Å²) in [5, 5.41) is 10.2. The molecule has 0 fully saturated rings. The molecule has 0 unspecified atom stereocenters. The van der Waals surface area contributed by atoms with Crippen molar-refractivity contribution in [3.63, 3.8) is 0 Å². The zero-order valence-electron chi connectivity index (χ0n) is 18.0. The van der Waals surface area contributed by atoms with E-state index >= 15 is 0 Å². The molecule has 0 aliphatic rings. The molecule has 0 radical (unpaired) electrons. The van der Waals surface area contributed by atoms with Crippen LogP contribution in [0.25, 0.3) is 22.2 Å². The van der Waals surface area contributed by atoms with Gasteiger partial charge in [0.05, 0.1) is 13.0 Å². The Bertz CT molecular complexity index is 1210. The SMILES string of the molecule is COc1ccc2cc([C@H](C)C(=O)O[C@@H](C)c3nnc(-c4ccc(C)cc4)o3)ccc2c1. The third kappa shape index (κ3) is 4.43. The predicted molar refractivity (Wildman–Crippen MR) is 118 cm³/mol. The summed E-state index contributed by atoms with van der Waals surface area (Å²) in [6.07, 6.45) is -0.647. The zero-order chi connectivity index (χ0) is 22.0. The van der Waals surface area contributed by atoms with Gasteiger partial charge in [-0.05, 0) is 61.4 Å². The molecule has 0 aliphatic heterocycles. The molecular formula is C25H24N2O4. The molecule has 6 heteroatoms. The molecule has 0 N–H and O–H groups in total. The Kier molecular flexibility index (Phi) is 5.71. The summed E-state index contributed by atoms with van der Waals surface area (Å²) in [7, 11) is 1.64. The van der Waals surface area contributed by atoms with Crippen molar-refractivity contribution >= 4 is 16.7 Å². The summed E-state index contributed by atoms with van der Waals surface area (Å²) in [5.74, 6) is 0.674. The van der Waals surface area contributed by atoms with E-state index in [1.54, 1.807) is 14.0 Å². The van der Waals surface area contributed by atoms with E-state index in [4.69, 9.17) is 13.9 Å². The van der Waals surface area contributed by atoms with Gasteiger partial charge in [0, 0.05) is 5.56 Å². The molecular weight excluding hydrogens is 392 g/mol. The first-order valence-corrected chi connectivity index (χ1v) is 10.1. The minimum Gasteiger partial charge on any atom is -0.497 e. The molecule has 1 aromatic heterocycles. The minimum absolute atomic E-state index is 0.265. The van der Waals surface area contributed by atoms with Crippen molar-refractivity contribution in [3.05, 3.63) is 77.7 Å². The number of fused-ring (bicyclic) bond motifs is 1. The standard InChI is InChI=1S/C25H24N2O4/c1-15-5-7-18(8-6-15)24-27-26-23(31-24)17(3)30-25(28)16(2)19-9-10-21-14-22(29-4)12-11-20(21)13-19/h5-14,16-17H,1-4H3/t16-,17-/m0/s1. The topological polar surface area (TPSA) is 74.5 Å². The predicted octanol–water partition coefficient (Wildman–Crippen LogP) is 5.61. The lowest BCUT2D eigenvalue weighted by molar-refractivity contribution is -0.151. The van der Waals surface area contributed by atoms with Gasteiger partial charge in [-0.25, -0.2) is 0 Å². The number of methoxy groups -OCH3 is 1. The molecule has 0 saturated heterocycles. The van der Waals surface area contributed by atoms with Crippen LogP contribution in [0.4, 0.5) is 0 Å². The molecule has 2 atom stereocenters. The molecule has 0 aliphatic carbocycles. The smallest absolute Gasteiger partial charge is 0.313 e. The van der Waals surface area contributed by atoms with Crippen LogP contribution in [-0.4, -0.2) is 23.3 Å². The number of aromatic nitrogens is 2. The van der Waals surface area contributed by atoms with Crippen LogP contribution in [0.1, 0.15) is 42.9 Å². The van der Waals surface area contributed by atoms with Gasteiger partial charge in [-0.3, -0.25) is 4.79 Å². The van der Waals surface area contributed by atoms with Crippen LogP contribution in [0.3, 0.4) is 0 Å². The lowest BCUT2D eigenvalue weighted by Crippen LogP contribution is -2.15. The van der Waals surface area contributed by atoms with Gasteiger partial charge < -0.3 is 13.9 Å². The summed E-state index contributed by atoms with van der Waals surface area (Å²) in [6.45, 7) is 5.56. The maximum atomic E-state index is 12.7. The van der Waals surface area contributed by atoms with E-state index in [9.17, 15) is 4.79 Å². The van der Waals surface area contributed by atoms with Gasteiger partial charge in [0.25, 0.3) is 5.89 Å². The number of rotatable bonds is 6. The van der Waals surface area contributed by atoms with Crippen molar-refractivity contribution in [2.45, 2.75) is 32.8 Å². The van der Waals surface area contributed by atoms with Crippen molar-refractivity contribution in [2.24, 2.45) is 0 Å². The number of carbonyl (C=O) groups excluding carboxylic acids is 1. The lowest BCUT2D eigenvalue weighted by Gasteiger charge is -2.15. The highest BCUT2D eigenvalue weighted by Crippen LogP contribution is 2.28. The van der Waals surface area contributed by atoms with Gasteiger partial charge in [0.15, 0.2) is 6.10 Å². The molecule has 0 amide bonds. The van der Waals surface area contributed by atoms with Crippen LogP contribution in [-0.2, 0) is 9.53 Å². The van der Waals surface area contributed by atoms with Gasteiger partial charge in [0.1, 0.15) is 5.75 Å². The summed E-state index contributed by atoms with van der Waals surface area (Å²) < 4.78 is 16.6. The van der Waals surface area contributed by atoms with Gasteiger partial charge in [0.2, 0.25) is 5.89 Å². The average Bonchev–Trinajstić information content (AvgIpc) is 3.28. The van der Waals surface area contributed by atoms with Crippen molar-refractivity contribution in [3.8, 4) is 17.2 Å². The number of hydrogen-bond acceptors (Lipinski definition) is 6. The number of ether oxygens (including phenoxy) is 2. The molecule has 1 heterocycles. The first kappa shape index (κ1) is 20.6. The van der Waals surface area contributed by atoms with E-state index in [-0.39, 0.29) is 11.9 Å². The molecule has 4 aromatic rings. The monoisotopic (exact) mass is 416 g/mol. The lowest BCUT2D eigenvalue weighted by atomic mass is 9.98. The van der Waals surface area contributed by atoms with Crippen LogP contribution >= 0.6 is 0 Å². The Morgan fingerprint density at radius 1 is 0.935 bits per heavy atom. The van der Waals surface area contributed by atoms with Crippen LogP contribution in [0.2, 0.25) is 0 Å².